The molecule has 7 heavy (non-hydrogen) atoms. The first-order valence-corrected chi connectivity index (χ1v) is 3.94. The minimum Gasteiger partial charge on any atom is -0.273 e. The molecule has 0 saturated carbocycles. The van der Waals surface area contributed by atoms with E-state index in [2.05, 4.69) is 10.7 Å². The molecule has 46 valence electrons. The summed E-state index contributed by atoms with van der Waals surface area (Å²) >= 11 is 0. The molecule has 0 heterocycles. The van der Waals surface area contributed by atoms with E-state index in [1.54, 1.807) is 0 Å². The van der Waals surface area contributed by atoms with Crippen molar-refractivity contribution in [1.82, 2.24) is 0 Å². The minimum atomic E-state index is -4.19. The summed E-state index contributed by atoms with van der Waals surface area (Å²) in [5, 5.41) is 0. The second-order valence-corrected chi connectivity index (χ2v) is 2.41. The lowest BCUT2D eigenvalue weighted by Gasteiger charge is -1.65. The number of rotatable bonds is 0. The van der Waals surface area contributed by atoms with Gasteiger partial charge in [0.15, 0.2) is 0 Å². The standard InChI is InChI=1S/C2H6.ClHO3S/c1-2;1-5(2,3)4/h1-2H3;(H,2,3,4). The van der Waals surface area contributed by atoms with E-state index in [0.29, 0.717) is 0 Å². The Morgan fingerprint density at radius 3 is 1.43 bits per heavy atom. The zero-order valence-electron chi connectivity index (χ0n) is 4.05. The minimum absolute atomic E-state index is 2.00. The molecule has 5 heteroatoms. The van der Waals surface area contributed by atoms with Gasteiger partial charge in [-0.05, 0) is 0 Å². The van der Waals surface area contributed by atoms with Crippen molar-refractivity contribution in [1.29, 1.82) is 0 Å². The van der Waals surface area contributed by atoms with Crippen LogP contribution < -0.4 is 0 Å². The van der Waals surface area contributed by atoms with Gasteiger partial charge in [0.05, 0.1) is 0 Å². The zero-order valence-corrected chi connectivity index (χ0v) is 5.62. The molecule has 0 rings (SSSR count). The normalized spacial score (nSPS) is 9.14. The maximum Gasteiger partial charge on any atom is 0.353 e. The summed E-state index contributed by atoms with van der Waals surface area (Å²) < 4.78 is 25.2. The van der Waals surface area contributed by atoms with E-state index >= 15 is 0 Å². The first-order chi connectivity index (χ1) is 3.00. The molecule has 0 aliphatic rings. The van der Waals surface area contributed by atoms with Crippen molar-refractivity contribution in [3.8, 4) is 0 Å². The predicted octanol–water partition coefficient (Wildman–Crippen LogP) is 1.05. The van der Waals surface area contributed by atoms with Crippen LogP contribution in [0.2, 0.25) is 0 Å². The number of hydrogen-bond donors (Lipinski definition) is 1. The first kappa shape index (κ1) is 10.2. The highest BCUT2D eigenvalue weighted by Crippen LogP contribution is 1.82. The lowest BCUT2D eigenvalue weighted by molar-refractivity contribution is 0.501. The van der Waals surface area contributed by atoms with E-state index in [0.717, 1.165) is 0 Å². The molecule has 1 N–H and O–H groups in total. The largest absolute Gasteiger partial charge is 0.353 e. The average Bonchev–Trinajstić information content (AvgIpc) is 1.36. The van der Waals surface area contributed by atoms with Gasteiger partial charge in [0.2, 0.25) is 0 Å². The molecule has 0 amide bonds. The summed E-state index contributed by atoms with van der Waals surface area (Å²) in [4.78, 5) is 0. The summed E-state index contributed by atoms with van der Waals surface area (Å²) in [5.74, 6) is 0. The van der Waals surface area contributed by atoms with Crippen molar-refractivity contribution >= 4 is 20.0 Å². The zero-order chi connectivity index (χ0) is 6.50. The Morgan fingerprint density at radius 2 is 1.43 bits per heavy atom. The third-order valence-corrected chi connectivity index (χ3v) is 0. The van der Waals surface area contributed by atoms with E-state index < -0.39 is 9.33 Å². The molecule has 0 aromatic carbocycles. The maximum absolute atomic E-state index is 8.95. The number of halogens is 1. The highest BCUT2D eigenvalue weighted by Gasteiger charge is 1.86. The van der Waals surface area contributed by atoms with Crippen LogP contribution in [-0.4, -0.2) is 13.0 Å². The molecular weight excluding hydrogens is 140 g/mol. The van der Waals surface area contributed by atoms with Crippen molar-refractivity contribution < 1.29 is 13.0 Å². The van der Waals surface area contributed by atoms with Crippen LogP contribution in [0.3, 0.4) is 0 Å². The SMILES string of the molecule is CC.O=S(=O)(O)Cl. The van der Waals surface area contributed by atoms with Crippen molar-refractivity contribution in [2.75, 3.05) is 0 Å². The summed E-state index contributed by atoms with van der Waals surface area (Å²) in [7, 11) is -0.137. The molecule has 0 fully saturated rings. The Balaban J connectivity index is 0. The molecule has 0 saturated heterocycles. The van der Waals surface area contributed by atoms with Gasteiger partial charge in [0.1, 0.15) is 0 Å². The molecule has 0 radical (unpaired) electrons. The van der Waals surface area contributed by atoms with E-state index in [1.807, 2.05) is 13.8 Å². The third kappa shape index (κ3) is 2730. The van der Waals surface area contributed by atoms with E-state index in [-0.39, 0.29) is 0 Å². The monoisotopic (exact) mass is 146 g/mol. The van der Waals surface area contributed by atoms with Gasteiger partial charge in [-0.25, -0.2) is 0 Å². The molecule has 0 aromatic rings. The van der Waals surface area contributed by atoms with Crippen LogP contribution in [0.25, 0.3) is 0 Å². The van der Waals surface area contributed by atoms with Crippen molar-refractivity contribution in [3.05, 3.63) is 0 Å². The van der Waals surface area contributed by atoms with Crippen LogP contribution >= 0.6 is 10.7 Å². The molecule has 0 bridgehead atoms. The van der Waals surface area contributed by atoms with Gasteiger partial charge in [-0.15, -0.1) is 0 Å². The van der Waals surface area contributed by atoms with Gasteiger partial charge in [0.25, 0.3) is 0 Å². The van der Waals surface area contributed by atoms with Gasteiger partial charge in [-0.1, -0.05) is 13.8 Å². The topological polar surface area (TPSA) is 54.4 Å². The molecule has 0 aliphatic heterocycles. The highest BCUT2D eigenvalue weighted by atomic mass is 35.7. The molecule has 0 unspecified atom stereocenters. The molecule has 0 atom stereocenters. The van der Waals surface area contributed by atoms with E-state index in [4.69, 9.17) is 13.0 Å². The lowest BCUT2D eigenvalue weighted by atomic mass is 11.0. The Bertz CT molecular complexity index is 96.1. The van der Waals surface area contributed by atoms with Crippen molar-refractivity contribution in [2.24, 2.45) is 0 Å². The van der Waals surface area contributed by atoms with Crippen LogP contribution in [0, 0.1) is 0 Å². The molecule has 0 aliphatic carbocycles. The van der Waals surface area contributed by atoms with Crippen LogP contribution in [0.5, 0.6) is 0 Å². The third-order valence-electron chi connectivity index (χ3n) is 0. The van der Waals surface area contributed by atoms with Crippen LogP contribution in [0.15, 0.2) is 0 Å². The summed E-state index contributed by atoms with van der Waals surface area (Å²) in [6, 6.07) is 0. The quantitative estimate of drug-likeness (QED) is 0.411. The maximum atomic E-state index is 8.95. The van der Waals surface area contributed by atoms with E-state index in [1.165, 1.54) is 0 Å². The second-order valence-electron chi connectivity index (χ2n) is 0.412. The first-order valence-electron chi connectivity index (χ1n) is 1.67. The van der Waals surface area contributed by atoms with Gasteiger partial charge >= 0.3 is 9.33 Å². The molecule has 3 nitrogen and oxygen atoms in total. The summed E-state index contributed by atoms with van der Waals surface area (Å²) in [6.07, 6.45) is 0. The smallest absolute Gasteiger partial charge is 0.273 e. The lowest BCUT2D eigenvalue weighted by Crippen LogP contribution is -1.77. The van der Waals surface area contributed by atoms with E-state index in [9.17, 15) is 0 Å². The van der Waals surface area contributed by atoms with Crippen LogP contribution in [-0.2, 0) is 9.33 Å². The van der Waals surface area contributed by atoms with Gasteiger partial charge in [-0.2, -0.15) is 8.42 Å². The Morgan fingerprint density at radius 1 is 1.43 bits per heavy atom. The Labute approximate surface area is 47.5 Å². The number of hydrogen-bond acceptors (Lipinski definition) is 2. The molecule has 0 aromatic heterocycles. The fourth-order valence-electron chi connectivity index (χ4n) is 0. The van der Waals surface area contributed by atoms with Crippen molar-refractivity contribution in [2.45, 2.75) is 13.8 Å². The second kappa shape index (κ2) is 4.36. The molecular formula is C2H7ClO3S. The Hall–Kier alpha value is 0.200. The van der Waals surface area contributed by atoms with Crippen LogP contribution in [0.4, 0.5) is 0 Å². The predicted molar refractivity (Wildman–Crippen MR) is 28.7 cm³/mol. The van der Waals surface area contributed by atoms with Gasteiger partial charge in [-0.3, -0.25) is 4.55 Å². The Kier molecular flexibility index (Phi) is 6.38. The van der Waals surface area contributed by atoms with Crippen LogP contribution in [0.1, 0.15) is 13.8 Å². The summed E-state index contributed by atoms with van der Waals surface area (Å²) in [5.41, 5.74) is 0. The fraction of sp³-hybridized carbons (Fsp3) is 1.00. The average molecular weight is 147 g/mol. The highest BCUT2D eigenvalue weighted by molar-refractivity contribution is 8.09. The van der Waals surface area contributed by atoms with Gasteiger partial charge in [0, 0.05) is 10.7 Å². The summed E-state index contributed by atoms with van der Waals surface area (Å²) in [6.45, 7) is 4.00. The molecule has 0 spiro atoms. The fourth-order valence-corrected chi connectivity index (χ4v) is 0. The van der Waals surface area contributed by atoms with Gasteiger partial charge < -0.3 is 0 Å². The van der Waals surface area contributed by atoms with Crippen molar-refractivity contribution in [3.63, 3.8) is 0 Å².